The molecule has 8 heteroatoms. The molecule has 0 heterocycles. The van der Waals surface area contributed by atoms with Crippen LogP contribution in [0.25, 0.3) is 0 Å². The van der Waals surface area contributed by atoms with Crippen molar-refractivity contribution in [1.29, 1.82) is 0 Å². The third-order valence-corrected chi connectivity index (χ3v) is 4.15. The maximum absolute atomic E-state index is 13.0. The molecule has 0 spiro atoms. The SMILES string of the molecule is CCN(CC(=O)Nc1ccccc1C(F)(F)F)C(=O)C(N)Cc1ccccc1. The van der Waals surface area contributed by atoms with Crippen LogP contribution in [0.15, 0.2) is 54.6 Å². The van der Waals surface area contributed by atoms with Crippen molar-refractivity contribution >= 4 is 17.5 Å². The normalized spacial score (nSPS) is 12.3. The van der Waals surface area contributed by atoms with E-state index < -0.39 is 29.6 Å². The number of halogens is 3. The first-order valence-electron chi connectivity index (χ1n) is 8.76. The molecular weight excluding hydrogens is 371 g/mol. The van der Waals surface area contributed by atoms with Gasteiger partial charge in [0.15, 0.2) is 0 Å². The molecule has 2 amide bonds. The summed E-state index contributed by atoms with van der Waals surface area (Å²) in [4.78, 5) is 26.0. The van der Waals surface area contributed by atoms with Crippen LogP contribution in [-0.2, 0) is 22.2 Å². The Morgan fingerprint density at radius 1 is 1.07 bits per heavy atom. The number of alkyl halides is 3. The van der Waals surface area contributed by atoms with Gasteiger partial charge >= 0.3 is 6.18 Å². The van der Waals surface area contributed by atoms with Gasteiger partial charge in [-0.15, -0.1) is 0 Å². The van der Waals surface area contributed by atoms with Crippen molar-refractivity contribution in [3.63, 3.8) is 0 Å². The fraction of sp³-hybridized carbons (Fsp3) is 0.300. The Kier molecular flexibility index (Phi) is 7.17. The first-order chi connectivity index (χ1) is 13.2. The number of amides is 2. The quantitative estimate of drug-likeness (QED) is 0.759. The minimum Gasteiger partial charge on any atom is -0.332 e. The summed E-state index contributed by atoms with van der Waals surface area (Å²) in [5.41, 5.74) is 5.55. The second-order valence-electron chi connectivity index (χ2n) is 6.24. The Hall–Kier alpha value is -2.87. The Morgan fingerprint density at radius 2 is 1.68 bits per heavy atom. The van der Waals surface area contributed by atoms with Crippen molar-refractivity contribution in [2.45, 2.75) is 25.6 Å². The van der Waals surface area contributed by atoms with E-state index in [-0.39, 0.29) is 18.8 Å². The number of hydrogen-bond acceptors (Lipinski definition) is 3. The minimum absolute atomic E-state index is 0.204. The van der Waals surface area contributed by atoms with E-state index in [2.05, 4.69) is 5.32 Å². The third kappa shape index (κ3) is 5.82. The van der Waals surface area contributed by atoms with Crippen LogP contribution < -0.4 is 11.1 Å². The zero-order chi connectivity index (χ0) is 20.7. The Bertz CT molecular complexity index is 810. The predicted octanol–water partition coefficient (Wildman–Crippen LogP) is 3.06. The van der Waals surface area contributed by atoms with Gasteiger partial charge in [0.2, 0.25) is 11.8 Å². The molecule has 0 aliphatic carbocycles. The number of anilines is 1. The largest absolute Gasteiger partial charge is 0.418 e. The van der Waals surface area contributed by atoms with Gasteiger partial charge in [0.05, 0.1) is 23.8 Å². The lowest BCUT2D eigenvalue weighted by Crippen LogP contribution is -2.47. The van der Waals surface area contributed by atoms with Gasteiger partial charge in [0.25, 0.3) is 0 Å². The zero-order valence-corrected chi connectivity index (χ0v) is 15.4. The number of benzene rings is 2. The summed E-state index contributed by atoms with van der Waals surface area (Å²) >= 11 is 0. The van der Waals surface area contributed by atoms with Crippen molar-refractivity contribution in [1.82, 2.24) is 4.90 Å². The molecule has 2 aromatic carbocycles. The van der Waals surface area contributed by atoms with E-state index >= 15 is 0 Å². The molecule has 0 aromatic heterocycles. The number of rotatable bonds is 7. The molecule has 3 N–H and O–H groups in total. The summed E-state index contributed by atoms with van der Waals surface area (Å²) in [6.45, 7) is 1.49. The van der Waals surface area contributed by atoms with Gasteiger partial charge in [-0.3, -0.25) is 9.59 Å². The van der Waals surface area contributed by atoms with Crippen molar-refractivity contribution in [2.75, 3.05) is 18.4 Å². The van der Waals surface area contributed by atoms with E-state index in [1.807, 2.05) is 30.3 Å². The molecule has 0 aliphatic rings. The van der Waals surface area contributed by atoms with Crippen LogP contribution in [0.2, 0.25) is 0 Å². The number of nitrogens with two attached hydrogens (primary N) is 1. The topological polar surface area (TPSA) is 75.4 Å². The third-order valence-electron chi connectivity index (χ3n) is 4.15. The fourth-order valence-corrected chi connectivity index (χ4v) is 2.74. The van der Waals surface area contributed by atoms with E-state index in [9.17, 15) is 22.8 Å². The molecule has 28 heavy (non-hydrogen) atoms. The van der Waals surface area contributed by atoms with Crippen LogP contribution in [0, 0.1) is 0 Å². The summed E-state index contributed by atoms with van der Waals surface area (Å²) in [5.74, 6) is -1.16. The minimum atomic E-state index is -4.60. The van der Waals surface area contributed by atoms with Crippen LogP contribution in [0.5, 0.6) is 0 Å². The van der Waals surface area contributed by atoms with Gasteiger partial charge in [-0.25, -0.2) is 0 Å². The van der Waals surface area contributed by atoms with Gasteiger partial charge in [-0.1, -0.05) is 42.5 Å². The highest BCUT2D eigenvalue weighted by molar-refractivity contribution is 5.95. The van der Waals surface area contributed by atoms with Gasteiger partial charge in [0.1, 0.15) is 0 Å². The molecule has 0 aliphatic heterocycles. The molecule has 1 atom stereocenters. The number of nitrogens with zero attached hydrogens (tertiary/aromatic N) is 1. The molecule has 0 saturated carbocycles. The molecule has 0 radical (unpaired) electrons. The lowest BCUT2D eigenvalue weighted by atomic mass is 10.1. The van der Waals surface area contributed by atoms with Crippen molar-refractivity contribution in [3.05, 3.63) is 65.7 Å². The van der Waals surface area contributed by atoms with Gasteiger partial charge in [0, 0.05) is 6.54 Å². The van der Waals surface area contributed by atoms with E-state index in [0.717, 1.165) is 11.6 Å². The molecule has 2 aromatic rings. The van der Waals surface area contributed by atoms with E-state index in [1.54, 1.807) is 6.92 Å². The molecule has 0 bridgehead atoms. The molecule has 2 rings (SSSR count). The van der Waals surface area contributed by atoms with Crippen molar-refractivity contribution in [2.24, 2.45) is 5.73 Å². The van der Waals surface area contributed by atoms with Crippen LogP contribution in [0.4, 0.5) is 18.9 Å². The number of carbonyl (C=O) groups excluding carboxylic acids is 2. The number of carbonyl (C=O) groups is 2. The van der Waals surface area contributed by atoms with Crippen LogP contribution in [0.3, 0.4) is 0 Å². The molecule has 0 fully saturated rings. The second-order valence-corrected chi connectivity index (χ2v) is 6.24. The molecular formula is C20H22F3N3O2. The Labute approximate surface area is 161 Å². The Balaban J connectivity index is 2.02. The molecule has 150 valence electrons. The Morgan fingerprint density at radius 3 is 2.29 bits per heavy atom. The van der Waals surface area contributed by atoms with Crippen LogP contribution in [-0.4, -0.2) is 35.8 Å². The number of hydrogen-bond donors (Lipinski definition) is 2. The van der Waals surface area contributed by atoms with Crippen LogP contribution in [0.1, 0.15) is 18.1 Å². The van der Waals surface area contributed by atoms with E-state index in [1.165, 1.54) is 23.1 Å². The highest BCUT2D eigenvalue weighted by Gasteiger charge is 2.33. The van der Waals surface area contributed by atoms with Gasteiger partial charge in [-0.2, -0.15) is 13.2 Å². The molecule has 5 nitrogen and oxygen atoms in total. The average molecular weight is 393 g/mol. The molecule has 1 unspecified atom stereocenters. The number of likely N-dealkylation sites (N-methyl/N-ethyl adjacent to an activating group) is 1. The summed E-state index contributed by atoms with van der Waals surface area (Å²) < 4.78 is 39.1. The summed E-state index contributed by atoms with van der Waals surface area (Å²) in [6, 6.07) is 13.0. The molecule has 0 saturated heterocycles. The number of nitrogens with one attached hydrogen (secondary N) is 1. The van der Waals surface area contributed by atoms with E-state index in [4.69, 9.17) is 5.73 Å². The summed E-state index contributed by atoms with van der Waals surface area (Å²) in [5, 5.41) is 2.23. The standard InChI is InChI=1S/C20H22F3N3O2/c1-2-26(19(28)16(24)12-14-8-4-3-5-9-14)13-18(27)25-17-11-7-6-10-15(17)20(21,22)23/h3-11,16H,2,12-13,24H2,1H3,(H,25,27). The van der Waals surface area contributed by atoms with Gasteiger partial charge < -0.3 is 16.0 Å². The maximum Gasteiger partial charge on any atom is 0.418 e. The van der Waals surface area contributed by atoms with Gasteiger partial charge in [-0.05, 0) is 31.0 Å². The lowest BCUT2D eigenvalue weighted by Gasteiger charge is -2.24. The summed E-state index contributed by atoms with van der Waals surface area (Å²) in [7, 11) is 0. The first kappa shape index (κ1) is 21.4. The highest BCUT2D eigenvalue weighted by atomic mass is 19.4. The second kappa shape index (κ2) is 9.36. The monoisotopic (exact) mass is 393 g/mol. The van der Waals surface area contributed by atoms with Crippen molar-refractivity contribution < 1.29 is 22.8 Å². The van der Waals surface area contributed by atoms with Crippen molar-refractivity contribution in [3.8, 4) is 0 Å². The summed E-state index contributed by atoms with van der Waals surface area (Å²) in [6.07, 6.45) is -4.29. The maximum atomic E-state index is 13.0. The zero-order valence-electron chi connectivity index (χ0n) is 15.4. The average Bonchev–Trinajstić information content (AvgIpc) is 2.66. The smallest absolute Gasteiger partial charge is 0.332 e. The van der Waals surface area contributed by atoms with Crippen LogP contribution >= 0.6 is 0 Å². The lowest BCUT2D eigenvalue weighted by molar-refractivity contribution is -0.137. The first-order valence-corrected chi connectivity index (χ1v) is 8.76. The predicted molar refractivity (Wildman–Crippen MR) is 100 cm³/mol. The van der Waals surface area contributed by atoms with E-state index in [0.29, 0.717) is 6.42 Å². The fourth-order valence-electron chi connectivity index (χ4n) is 2.74. The number of para-hydroxylation sites is 1. The highest BCUT2D eigenvalue weighted by Crippen LogP contribution is 2.34.